The quantitative estimate of drug-likeness (QED) is 0.869. The highest BCUT2D eigenvalue weighted by atomic mass is 79.9. The molecule has 0 bridgehead atoms. The van der Waals surface area contributed by atoms with Gasteiger partial charge in [0.05, 0.1) is 11.6 Å². The molecule has 0 radical (unpaired) electrons. The molecular weight excluding hydrogens is 338 g/mol. The van der Waals surface area contributed by atoms with Crippen molar-refractivity contribution in [2.24, 2.45) is 0 Å². The first-order valence-electron chi connectivity index (χ1n) is 6.91. The lowest BCUT2D eigenvalue weighted by molar-refractivity contribution is 0.0938. The molecule has 0 spiro atoms. The van der Waals surface area contributed by atoms with Gasteiger partial charge in [-0.1, -0.05) is 13.3 Å². The number of halogens is 1. The van der Waals surface area contributed by atoms with Gasteiger partial charge < -0.3 is 10.1 Å². The molecule has 0 saturated heterocycles. The van der Waals surface area contributed by atoms with Crippen LogP contribution in [-0.4, -0.2) is 30.1 Å². The SMILES string of the molecule is CCSC1CCCC1NC(=O)c1ccc(OC)c(Br)c1. The molecule has 0 heterocycles. The fourth-order valence-electron chi connectivity index (χ4n) is 2.56. The van der Waals surface area contributed by atoms with Gasteiger partial charge in [0.2, 0.25) is 0 Å². The van der Waals surface area contributed by atoms with Gasteiger partial charge in [0.1, 0.15) is 5.75 Å². The highest BCUT2D eigenvalue weighted by Gasteiger charge is 2.28. The van der Waals surface area contributed by atoms with E-state index < -0.39 is 0 Å². The highest BCUT2D eigenvalue weighted by molar-refractivity contribution is 9.10. The number of thioether (sulfide) groups is 1. The number of benzene rings is 1. The number of hydrogen-bond donors (Lipinski definition) is 1. The largest absolute Gasteiger partial charge is 0.496 e. The van der Waals surface area contributed by atoms with E-state index in [1.165, 1.54) is 12.8 Å². The van der Waals surface area contributed by atoms with Gasteiger partial charge >= 0.3 is 0 Å². The van der Waals surface area contributed by atoms with Gasteiger partial charge in [0.15, 0.2) is 0 Å². The molecule has 1 aromatic carbocycles. The lowest BCUT2D eigenvalue weighted by atomic mass is 10.1. The number of hydrogen-bond acceptors (Lipinski definition) is 3. The number of ether oxygens (including phenoxy) is 1. The normalized spacial score (nSPS) is 21.8. The van der Waals surface area contributed by atoms with E-state index in [9.17, 15) is 4.79 Å². The summed E-state index contributed by atoms with van der Waals surface area (Å²) in [4.78, 5) is 12.3. The van der Waals surface area contributed by atoms with Gasteiger partial charge in [-0.3, -0.25) is 4.79 Å². The van der Waals surface area contributed by atoms with Crippen molar-refractivity contribution in [1.82, 2.24) is 5.32 Å². The number of nitrogens with one attached hydrogen (secondary N) is 1. The van der Waals surface area contributed by atoms with Crippen molar-refractivity contribution in [3.05, 3.63) is 28.2 Å². The predicted octanol–water partition coefficient (Wildman–Crippen LogP) is 3.86. The number of rotatable bonds is 5. The minimum Gasteiger partial charge on any atom is -0.496 e. The third-order valence-electron chi connectivity index (χ3n) is 3.56. The lowest BCUT2D eigenvalue weighted by Gasteiger charge is -2.20. The van der Waals surface area contributed by atoms with Crippen LogP contribution in [0.25, 0.3) is 0 Å². The summed E-state index contributed by atoms with van der Waals surface area (Å²) < 4.78 is 5.98. The van der Waals surface area contributed by atoms with Crippen molar-refractivity contribution >= 4 is 33.6 Å². The van der Waals surface area contributed by atoms with Crippen molar-refractivity contribution in [3.63, 3.8) is 0 Å². The number of carbonyl (C=O) groups excluding carboxylic acids is 1. The highest BCUT2D eigenvalue weighted by Crippen LogP contribution is 2.30. The molecule has 0 aromatic heterocycles. The molecule has 1 N–H and O–H groups in total. The summed E-state index contributed by atoms with van der Waals surface area (Å²) in [6, 6.07) is 5.72. The van der Waals surface area contributed by atoms with Crippen LogP contribution in [0.3, 0.4) is 0 Å². The molecular formula is C15H20BrNO2S. The molecule has 1 amide bonds. The smallest absolute Gasteiger partial charge is 0.251 e. The van der Waals surface area contributed by atoms with Gasteiger partial charge in [0.25, 0.3) is 5.91 Å². The zero-order chi connectivity index (χ0) is 14.5. The lowest BCUT2D eigenvalue weighted by Crippen LogP contribution is -2.38. The Morgan fingerprint density at radius 2 is 2.30 bits per heavy atom. The molecule has 5 heteroatoms. The van der Waals surface area contributed by atoms with Crippen LogP contribution in [0.1, 0.15) is 36.5 Å². The summed E-state index contributed by atoms with van der Waals surface area (Å²) in [7, 11) is 1.62. The summed E-state index contributed by atoms with van der Waals surface area (Å²) in [5, 5.41) is 3.73. The van der Waals surface area contributed by atoms with Gasteiger partial charge in [-0.05, 0) is 52.7 Å². The van der Waals surface area contributed by atoms with Gasteiger partial charge in [-0.15, -0.1) is 0 Å². The maximum Gasteiger partial charge on any atom is 0.251 e. The molecule has 1 fully saturated rings. The molecule has 1 aliphatic carbocycles. The molecule has 110 valence electrons. The Morgan fingerprint density at radius 1 is 1.50 bits per heavy atom. The van der Waals surface area contributed by atoms with Crippen LogP contribution < -0.4 is 10.1 Å². The van der Waals surface area contributed by atoms with Crippen LogP contribution in [0, 0.1) is 0 Å². The Hall–Kier alpha value is -0.680. The van der Waals surface area contributed by atoms with E-state index in [-0.39, 0.29) is 5.91 Å². The van der Waals surface area contributed by atoms with E-state index in [1.54, 1.807) is 13.2 Å². The molecule has 2 rings (SSSR count). The zero-order valence-corrected chi connectivity index (χ0v) is 14.2. The fourth-order valence-corrected chi connectivity index (χ4v) is 4.30. The molecule has 1 saturated carbocycles. The summed E-state index contributed by atoms with van der Waals surface area (Å²) in [5.74, 6) is 1.84. The number of carbonyl (C=O) groups is 1. The van der Waals surface area contributed by atoms with Gasteiger partial charge in [0, 0.05) is 16.9 Å². The van der Waals surface area contributed by atoms with Crippen LogP contribution in [0.2, 0.25) is 0 Å². The van der Waals surface area contributed by atoms with Crippen molar-refractivity contribution < 1.29 is 9.53 Å². The third kappa shape index (κ3) is 3.70. The standard InChI is InChI=1S/C15H20BrNO2S/c1-3-20-14-6-4-5-12(14)17-15(18)10-7-8-13(19-2)11(16)9-10/h7-9,12,14H,3-6H2,1-2H3,(H,17,18). The molecule has 1 aromatic rings. The van der Waals surface area contributed by atoms with E-state index in [0.29, 0.717) is 16.9 Å². The Labute approximate surface area is 133 Å². The Bertz CT molecular complexity index is 481. The summed E-state index contributed by atoms with van der Waals surface area (Å²) in [5.41, 5.74) is 0.671. The molecule has 0 aliphatic heterocycles. The first kappa shape index (κ1) is 15.7. The van der Waals surface area contributed by atoms with Crippen LogP contribution in [0.15, 0.2) is 22.7 Å². The fraction of sp³-hybridized carbons (Fsp3) is 0.533. The Morgan fingerprint density at radius 3 is 2.95 bits per heavy atom. The minimum absolute atomic E-state index is 0.00181. The second-order valence-electron chi connectivity index (χ2n) is 4.85. The summed E-state index contributed by atoms with van der Waals surface area (Å²) in [6.07, 6.45) is 3.49. The molecule has 1 aliphatic rings. The molecule has 2 unspecified atom stereocenters. The van der Waals surface area contributed by atoms with Crippen molar-refractivity contribution in [2.45, 2.75) is 37.5 Å². The summed E-state index contributed by atoms with van der Waals surface area (Å²) in [6.45, 7) is 2.17. The van der Waals surface area contributed by atoms with Crippen molar-refractivity contribution in [3.8, 4) is 5.75 Å². The molecule has 3 nitrogen and oxygen atoms in total. The van der Waals surface area contributed by atoms with E-state index in [2.05, 4.69) is 28.2 Å². The van der Waals surface area contributed by atoms with E-state index >= 15 is 0 Å². The second kappa shape index (κ2) is 7.36. The van der Waals surface area contributed by atoms with Crippen molar-refractivity contribution in [1.29, 1.82) is 0 Å². The number of amides is 1. The summed E-state index contributed by atoms with van der Waals surface area (Å²) >= 11 is 5.37. The second-order valence-corrected chi connectivity index (χ2v) is 7.22. The van der Waals surface area contributed by atoms with Gasteiger partial charge in [-0.25, -0.2) is 0 Å². The Balaban J connectivity index is 2.02. The van der Waals surface area contributed by atoms with E-state index in [1.807, 2.05) is 23.9 Å². The molecule has 2 atom stereocenters. The predicted molar refractivity (Wildman–Crippen MR) is 87.7 cm³/mol. The van der Waals surface area contributed by atoms with Gasteiger partial charge in [-0.2, -0.15) is 11.8 Å². The van der Waals surface area contributed by atoms with Crippen LogP contribution in [0.5, 0.6) is 5.75 Å². The van der Waals surface area contributed by atoms with E-state index in [4.69, 9.17) is 4.74 Å². The monoisotopic (exact) mass is 357 g/mol. The minimum atomic E-state index is 0.00181. The topological polar surface area (TPSA) is 38.3 Å². The van der Waals surface area contributed by atoms with Crippen molar-refractivity contribution in [2.75, 3.05) is 12.9 Å². The average Bonchev–Trinajstić information content (AvgIpc) is 2.86. The third-order valence-corrected chi connectivity index (χ3v) is 5.51. The zero-order valence-electron chi connectivity index (χ0n) is 11.8. The van der Waals surface area contributed by atoms with E-state index in [0.717, 1.165) is 22.4 Å². The maximum absolute atomic E-state index is 12.3. The van der Waals surface area contributed by atoms with Crippen LogP contribution in [-0.2, 0) is 0 Å². The number of methoxy groups -OCH3 is 1. The maximum atomic E-state index is 12.3. The first-order valence-corrected chi connectivity index (χ1v) is 8.76. The average molecular weight is 358 g/mol. The first-order chi connectivity index (χ1) is 9.65. The van der Waals surface area contributed by atoms with Crippen LogP contribution >= 0.6 is 27.7 Å². The van der Waals surface area contributed by atoms with Crippen LogP contribution in [0.4, 0.5) is 0 Å². The Kier molecular flexibility index (Phi) is 5.78. The molecule has 20 heavy (non-hydrogen) atoms.